The van der Waals surface area contributed by atoms with Gasteiger partial charge in [-0.3, -0.25) is 19.3 Å². The fourth-order valence-electron chi connectivity index (χ4n) is 10.6. The van der Waals surface area contributed by atoms with Gasteiger partial charge in [-0.2, -0.15) is 0 Å². The molecule has 1 saturated carbocycles. The Morgan fingerprint density at radius 1 is 0.815 bits per heavy atom. The van der Waals surface area contributed by atoms with Crippen molar-refractivity contribution in [3.05, 3.63) is 167 Å². The molecule has 0 unspecified atom stereocenters. The number of nitrogens with zero attached hydrogens (tertiary/aromatic N) is 2. The van der Waals surface area contributed by atoms with Gasteiger partial charge in [0, 0.05) is 5.56 Å². The normalized spacial score (nSPS) is 25.0. The van der Waals surface area contributed by atoms with Gasteiger partial charge in [0.25, 0.3) is 0 Å². The molecular formula is C53H51N3O9. The van der Waals surface area contributed by atoms with Gasteiger partial charge in [0.1, 0.15) is 41.4 Å². The number of rotatable bonds is 9. The van der Waals surface area contributed by atoms with Crippen molar-refractivity contribution >= 4 is 29.6 Å². The third-order valence-electron chi connectivity index (χ3n) is 13.5. The van der Waals surface area contributed by atoms with E-state index >= 15 is 4.79 Å². The minimum Gasteiger partial charge on any atom is -0.491 e. The van der Waals surface area contributed by atoms with E-state index in [2.05, 4.69) is 17.2 Å². The van der Waals surface area contributed by atoms with E-state index in [0.29, 0.717) is 40.8 Å². The van der Waals surface area contributed by atoms with Crippen LogP contribution >= 0.6 is 0 Å². The molecule has 5 aromatic rings. The van der Waals surface area contributed by atoms with Crippen molar-refractivity contribution in [2.45, 2.75) is 86.7 Å². The minimum atomic E-state index is -2.15. The lowest BCUT2D eigenvalue weighted by atomic mass is 9.65. The molecule has 3 aliphatic heterocycles. The largest absolute Gasteiger partial charge is 0.491 e. The number of hydrogen-bond donors (Lipinski definition) is 4. The highest BCUT2D eigenvalue weighted by atomic mass is 16.6. The van der Waals surface area contributed by atoms with Crippen molar-refractivity contribution in [2.24, 2.45) is 5.92 Å². The van der Waals surface area contributed by atoms with Crippen LogP contribution in [0.25, 0.3) is 0 Å². The van der Waals surface area contributed by atoms with E-state index in [4.69, 9.17) is 9.47 Å². The summed E-state index contributed by atoms with van der Waals surface area (Å²) in [4.78, 5) is 63.2. The Morgan fingerprint density at radius 3 is 2.08 bits per heavy atom. The lowest BCUT2D eigenvalue weighted by Gasteiger charge is -2.46. The first-order valence-electron chi connectivity index (χ1n) is 22.3. The Morgan fingerprint density at radius 2 is 1.45 bits per heavy atom. The highest BCUT2D eigenvalue weighted by Crippen LogP contribution is 2.66. The average Bonchev–Trinajstić information content (AvgIpc) is 3.67. The van der Waals surface area contributed by atoms with Crippen LogP contribution < -0.4 is 15.0 Å². The van der Waals surface area contributed by atoms with Crippen molar-refractivity contribution in [3.63, 3.8) is 0 Å². The summed E-state index contributed by atoms with van der Waals surface area (Å²) in [5.41, 5.74) is -0.00516. The summed E-state index contributed by atoms with van der Waals surface area (Å²) in [7, 11) is 0. The van der Waals surface area contributed by atoms with Gasteiger partial charge in [-0.05, 0) is 90.8 Å². The SMILES string of the molecule is C[C@@H](NC(=O)N1C(=O)[C@@]2(c3cc(C#CC4(O)CCCCCC4)ccc31)[C@H](c1ccc(OCCO)cc1)N1[C@H](c3ccccc3)[C@H](c3ccccc3)OC(=O)[C@H]1[C@@H]2C(=O)O)c1ccccc1. The molecule has 65 heavy (non-hydrogen) atoms. The number of cyclic esters (lactones) is 1. The molecule has 2 saturated heterocycles. The molecule has 0 aromatic heterocycles. The fourth-order valence-corrected chi connectivity index (χ4v) is 10.6. The molecule has 7 atom stereocenters. The lowest BCUT2D eigenvalue weighted by molar-refractivity contribution is -0.179. The first-order valence-corrected chi connectivity index (χ1v) is 22.3. The van der Waals surface area contributed by atoms with Crippen LogP contribution in [0.2, 0.25) is 0 Å². The predicted molar refractivity (Wildman–Crippen MR) is 241 cm³/mol. The second-order valence-corrected chi connectivity index (χ2v) is 17.4. The van der Waals surface area contributed by atoms with Gasteiger partial charge in [-0.25, -0.2) is 9.69 Å². The first kappa shape index (κ1) is 43.5. The van der Waals surface area contributed by atoms with Crippen molar-refractivity contribution < 1.29 is 44.0 Å². The molecule has 5 aromatic carbocycles. The molecule has 1 aliphatic carbocycles. The van der Waals surface area contributed by atoms with Crippen molar-refractivity contribution in [3.8, 4) is 17.6 Å². The molecule has 3 amide bonds. The van der Waals surface area contributed by atoms with E-state index < -0.39 is 71.1 Å². The second-order valence-electron chi connectivity index (χ2n) is 17.4. The van der Waals surface area contributed by atoms with E-state index in [-0.39, 0.29) is 24.5 Å². The van der Waals surface area contributed by atoms with Gasteiger partial charge in [0.2, 0.25) is 5.91 Å². The third-order valence-corrected chi connectivity index (χ3v) is 13.5. The second kappa shape index (κ2) is 18.0. The molecule has 0 bridgehead atoms. The number of imide groups is 1. The number of carboxylic acids is 1. The van der Waals surface area contributed by atoms with E-state index in [1.54, 1.807) is 49.4 Å². The molecular weight excluding hydrogens is 823 g/mol. The van der Waals surface area contributed by atoms with Gasteiger partial charge in [0.15, 0.2) is 0 Å². The highest BCUT2D eigenvalue weighted by molar-refractivity contribution is 6.24. The number of hydrogen-bond acceptors (Lipinski definition) is 9. The van der Waals surface area contributed by atoms with Crippen LogP contribution in [0.15, 0.2) is 133 Å². The minimum absolute atomic E-state index is 0.0267. The zero-order valence-corrected chi connectivity index (χ0v) is 36.0. The Balaban J connectivity index is 1.30. The summed E-state index contributed by atoms with van der Waals surface area (Å²) >= 11 is 0. The number of carbonyl (C=O) groups is 4. The molecule has 9 rings (SSSR count). The Kier molecular flexibility index (Phi) is 12.0. The molecule has 4 aliphatic rings. The van der Waals surface area contributed by atoms with Crippen LogP contribution in [-0.4, -0.2) is 69.0 Å². The molecule has 12 nitrogen and oxygen atoms in total. The number of carboxylic acid groups (broad SMARTS) is 1. The number of amides is 3. The number of aliphatic hydroxyl groups is 2. The number of ether oxygens (including phenoxy) is 2. The van der Waals surface area contributed by atoms with Crippen LogP contribution in [0.5, 0.6) is 5.75 Å². The first-order chi connectivity index (χ1) is 31.6. The average molecular weight is 874 g/mol. The molecule has 4 N–H and O–H groups in total. The summed E-state index contributed by atoms with van der Waals surface area (Å²) in [6.07, 6.45) is 3.70. The molecule has 0 radical (unpaired) electrons. The maximum absolute atomic E-state index is 16.2. The number of anilines is 1. The number of aliphatic carboxylic acids is 1. The predicted octanol–water partition coefficient (Wildman–Crippen LogP) is 7.72. The van der Waals surface area contributed by atoms with Gasteiger partial charge in [0.05, 0.1) is 30.4 Å². The van der Waals surface area contributed by atoms with Crippen LogP contribution in [0, 0.1) is 17.8 Å². The molecule has 332 valence electrons. The molecule has 12 heteroatoms. The number of aliphatic hydroxyl groups excluding tert-OH is 1. The Labute approximate surface area is 377 Å². The number of morpholine rings is 1. The zero-order chi connectivity index (χ0) is 45.3. The molecule has 1 spiro atoms. The van der Waals surface area contributed by atoms with E-state index in [1.165, 1.54) is 0 Å². The number of carbonyl (C=O) groups excluding carboxylic acids is 3. The quantitative estimate of drug-likeness (QED) is 0.0655. The van der Waals surface area contributed by atoms with E-state index in [9.17, 15) is 29.7 Å². The Hall–Kier alpha value is -6.78. The van der Waals surface area contributed by atoms with Crippen LogP contribution in [0.1, 0.15) is 103 Å². The van der Waals surface area contributed by atoms with E-state index in [0.717, 1.165) is 36.1 Å². The van der Waals surface area contributed by atoms with E-state index in [1.807, 2.05) is 95.9 Å². The summed E-state index contributed by atoms with van der Waals surface area (Å²) in [5.74, 6) is 1.82. The number of fused-ring (bicyclic) bond motifs is 3. The van der Waals surface area contributed by atoms with Crippen molar-refractivity contribution in [1.82, 2.24) is 10.2 Å². The smallest absolute Gasteiger partial charge is 0.329 e. The monoisotopic (exact) mass is 873 g/mol. The topological polar surface area (TPSA) is 166 Å². The van der Waals surface area contributed by atoms with Gasteiger partial charge >= 0.3 is 18.0 Å². The summed E-state index contributed by atoms with van der Waals surface area (Å²) in [6.45, 7) is 1.60. The summed E-state index contributed by atoms with van der Waals surface area (Å²) < 4.78 is 12.1. The number of urea groups is 1. The van der Waals surface area contributed by atoms with Crippen LogP contribution in [0.3, 0.4) is 0 Å². The summed E-state index contributed by atoms with van der Waals surface area (Å²) in [5, 5.41) is 35.8. The maximum atomic E-state index is 16.2. The van der Waals surface area contributed by atoms with Gasteiger partial charge in [-0.15, -0.1) is 0 Å². The Bertz CT molecular complexity index is 2620. The third kappa shape index (κ3) is 7.84. The highest BCUT2D eigenvalue weighted by Gasteiger charge is 2.76. The number of nitrogens with one attached hydrogen (secondary N) is 1. The summed E-state index contributed by atoms with van der Waals surface area (Å²) in [6, 6.07) is 34.7. The van der Waals surface area contributed by atoms with Gasteiger partial charge < -0.3 is 30.1 Å². The standard InChI is InChI=1S/C53H51N3O9/c1-34(36-15-7-4-8-16-36)54-51(62)55-42-26-21-35(27-30-52(63)28-13-2-3-14-29-52)33-41(42)53(50(55)61)43(48(58)59)45-49(60)65-46(38-19-11-6-12-20-38)44(37-17-9-5-10-18-37)56(45)47(53)39-22-24-40(25-23-39)64-32-31-57/h4-12,15-26,33-34,43-47,57,63H,2-3,13-14,28-29,31-32H2,1H3,(H,54,62)(H,58,59)/t34-,43-,44-,45-,46+,47+,53-/m1/s1. The maximum Gasteiger partial charge on any atom is 0.329 e. The van der Waals surface area contributed by atoms with Crippen LogP contribution in [-0.2, 0) is 24.5 Å². The zero-order valence-electron chi connectivity index (χ0n) is 36.0. The van der Waals surface area contributed by atoms with Crippen molar-refractivity contribution in [1.29, 1.82) is 0 Å². The number of benzene rings is 5. The number of esters is 1. The van der Waals surface area contributed by atoms with Crippen LogP contribution in [0.4, 0.5) is 10.5 Å². The fraction of sp³-hybridized carbons (Fsp3) is 0.321. The van der Waals surface area contributed by atoms with Gasteiger partial charge in [-0.1, -0.05) is 128 Å². The molecule has 3 heterocycles. The van der Waals surface area contributed by atoms with Crippen molar-refractivity contribution in [2.75, 3.05) is 18.1 Å². The molecule has 3 fully saturated rings. The lowest BCUT2D eigenvalue weighted by Crippen LogP contribution is -2.54.